The molecule has 31 heavy (non-hydrogen) atoms. The second-order valence-corrected chi connectivity index (χ2v) is 8.03. The van der Waals surface area contributed by atoms with Crippen LogP contribution in [0.15, 0.2) is 47.7 Å². The summed E-state index contributed by atoms with van der Waals surface area (Å²) in [5.74, 6) is 1.60. The van der Waals surface area contributed by atoms with Crippen molar-refractivity contribution in [1.29, 1.82) is 0 Å². The van der Waals surface area contributed by atoms with Gasteiger partial charge < -0.3 is 20.5 Å². The van der Waals surface area contributed by atoms with E-state index in [0.717, 1.165) is 47.8 Å². The zero-order valence-corrected chi connectivity index (χ0v) is 18.1. The van der Waals surface area contributed by atoms with E-state index >= 15 is 0 Å². The number of aromatic nitrogens is 2. The summed E-state index contributed by atoms with van der Waals surface area (Å²) in [6.45, 7) is 3.57. The highest BCUT2D eigenvalue weighted by molar-refractivity contribution is 5.83. The number of benzene rings is 1. The average Bonchev–Trinajstić information content (AvgIpc) is 2.99. The Balaban J connectivity index is 1.29. The molecule has 3 aromatic rings. The molecule has 1 saturated heterocycles. The molecular weight excluding hydrogens is 391 g/mol. The van der Waals surface area contributed by atoms with Crippen molar-refractivity contribution in [3.8, 4) is 0 Å². The number of nitrogens with one attached hydrogen (secondary N) is 3. The summed E-state index contributed by atoms with van der Waals surface area (Å²) in [7, 11) is 1.77. The fraction of sp³-hybridized carbons (Fsp3) is 0.417. The Morgan fingerprint density at radius 2 is 1.97 bits per heavy atom. The molecule has 0 saturated carbocycles. The van der Waals surface area contributed by atoms with Gasteiger partial charge in [-0.25, -0.2) is 9.37 Å². The number of pyridine rings is 1. The number of rotatable bonds is 6. The summed E-state index contributed by atoms with van der Waals surface area (Å²) in [6.07, 6.45) is 9.72. The number of hydrogen-bond donors (Lipinski definition) is 3. The number of guanidine groups is 1. The van der Waals surface area contributed by atoms with Crippen LogP contribution >= 0.6 is 0 Å². The first-order valence-corrected chi connectivity index (χ1v) is 11.1. The molecule has 3 N–H and O–H groups in total. The number of nitrogens with zero attached hydrogens (tertiary/aromatic N) is 3. The Bertz CT molecular complexity index is 1020. The van der Waals surface area contributed by atoms with E-state index in [1.165, 1.54) is 37.3 Å². The van der Waals surface area contributed by atoms with Crippen molar-refractivity contribution in [2.24, 2.45) is 4.99 Å². The SMILES string of the molecule is CN=C(NCCc1c[nH]c2ccc(F)cc12)NCc1ccnc(N2CCCCCC2)c1. The molecule has 0 amide bonds. The quantitative estimate of drug-likeness (QED) is 0.415. The summed E-state index contributed by atoms with van der Waals surface area (Å²) >= 11 is 0. The molecule has 1 aliphatic heterocycles. The number of halogens is 1. The van der Waals surface area contributed by atoms with Gasteiger partial charge in [0, 0.05) is 56.5 Å². The zero-order chi connectivity index (χ0) is 21.5. The number of fused-ring (bicyclic) bond motifs is 1. The predicted molar refractivity (Wildman–Crippen MR) is 125 cm³/mol. The van der Waals surface area contributed by atoms with Crippen LogP contribution in [-0.4, -0.2) is 42.6 Å². The van der Waals surface area contributed by atoms with E-state index in [1.54, 1.807) is 19.2 Å². The largest absolute Gasteiger partial charge is 0.361 e. The van der Waals surface area contributed by atoms with Crippen molar-refractivity contribution in [3.63, 3.8) is 0 Å². The monoisotopic (exact) mass is 422 g/mol. The molecule has 4 rings (SSSR count). The summed E-state index contributed by atoms with van der Waals surface area (Å²) < 4.78 is 13.6. The second-order valence-electron chi connectivity index (χ2n) is 8.03. The molecule has 0 unspecified atom stereocenters. The lowest BCUT2D eigenvalue weighted by Crippen LogP contribution is -2.37. The van der Waals surface area contributed by atoms with Gasteiger partial charge >= 0.3 is 0 Å². The third-order valence-corrected chi connectivity index (χ3v) is 5.84. The van der Waals surface area contributed by atoms with Crippen LogP contribution in [-0.2, 0) is 13.0 Å². The molecule has 3 heterocycles. The molecule has 1 aliphatic rings. The molecule has 164 valence electrons. The summed E-state index contributed by atoms with van der Waals surface area (Å²) in [4.78, 5) is 14.5. The molecule has 0 radical (unpaired) electrons. The van der Waals surface area contributed by atoms with Gasteiger partial charge in [0.2, 0.25) is 0 Å². The maximum atomic E-state index is 13.6. The van der Waals surface area contributed by atoms with Crippen LogP contribution in [0.4, 0.5) is 10.2 Å². The number of aromatic amines is 1. The first-order valence-electron chi connectivity index (χ1n) is 11.1. The van der Waals surface area contributed by atoms with Gasteiger partial charge in [-0.3, -0.25) is 4.99 Å². The topological polar surface area (TPSA) is 68.3 Å². The van der Waals surface area contributed by atoms with Gasteiger partial charge in [0.15, 0.2) is 5.96 Å². The van der Waals surface area contributed by atoms with Crippen molar-refractivity contribution >= 4 is 22.7 Å². The molecule has 1 aromatic carbocycles. The van der Waals surface area contributed by atoms with Crippen LogP contribution in [0.1, 0.15) is 36.8 Å². The van der Waals surface area contributed by atoms with E-state index in [-0.39, 0.29) is 5.82 Å². The van der Waals surface area contributed by atoms with Crippen molar-refractivity contribution in [1.82, 2.24) is 20.6 Å². The summed E-state index contributed by atoms with van der Waals surface area (Å²) in [6, 6.07) is 9.05. The van der Waals surface area contributed by atoms with Gasteiger partial charge in [0.1, 0.15) is 11.6 Å². The lowest BCUT2D eigenvalue weighted by molar-refractivity contribution is 0.629. The third kappa shape index (κ3) is 5.54. The number of anilines is 1. The van der Waals surface area contributed by atoms with E-state index in [1.807, 2.05) is 18.5 Å². The van der Waals surface area contributed by atoms with Crippen LogP contribution in [0.5, 0.6) is 0 Å². The van der Waals surface area contributed by atoms with Crippen molar-refractivity contribution in [2.75, 3.05) is 31.6 Å². The number of hydrogen-bond acceptors (Lipinski definition) is 3. The van der Waals surface area contributed by atoms with Crippen molar-refractivity contribution in [3.05, 3.63) is 59.7 Å². The van der Waals surface area contributed by atoms with Crippen LogP contribution < -0.4 is 15.5 Å². The van der Waals surface area contributed by atoms with Gasteiger partial charge in [0.05, 0.1) is 0 Å². The normalized spacial score (nSPS) is 15.2. The standard InChI is InChI=1S/C24H31FN6/c1-26-24(28-11-9-19-17-29-22-7-6-20(25)15-21(19)22)30-16-18-8-10-27-23(14-18)31-12-4-2-3-5-13-31/h6-8,10,14-15,17,29H,2-5,9,11-13,16H2,1H3,(H2,26,28,30). The maximum absolute atomic E-state index is 13.6. The molecule has 0 bridgehead atoms. The highest BCUT2D eigenvalue weighted by Crippen LogP contribution is 2.20. The molecular formula is C24H31FN6. The van der Waals surface area contributed by atoms with Gasteiger partial charge in [0.25, 0.3) is 0 Å². The second kappa shape index (κ2) is 10.3. The molecule has 0 atom stereocenters. The third-order valence-electron chi connectivity index (χ3n) is 5.84. The minimum atomic E-state index is -0.212. The molecule has 0 spiro atoms. The zero-order valence-electron chi connectivity index (χ0n) is 18.1. The van der Waals surface area contributed by atoms with Crippen LogP contribution in [0, 0.1) is 5.82 Å². The first-order chi connectivity index (χ1) is 15.2. The summed E-state index contributed by atoms with van der Waals surface area (Å²) in [5.41, 5.74) is 3.23. The fourth-order valence-corrected chi connectivity index (χ4v) is 4.12. The molecule has 1 fully saturated rings. The Kier molecular flexibility index (Phi) is 7.02. The highest BCUT2D eigenvalue weighted by Gasteiger charge is 2.11. The predicted octanol–water partition coefficient (Wildman–Crippen LogP) is 3.99. The van der Waals surface area contributed by atoms with E-state index in [0.29, 0.717) is 13.1 Å². The lowest BCUT2D eigenvalue weighted by atomic mass is 10.1. The Morgan fingerprint density at radius 3 is 2.77 bits per heavy atom. The van der Waals surface area contributed by atoms with Gasteiger partial charge in [-0.1, -0.05) is 12.8 Å². The van der Waals surface area contributed by atoms with E-state index in [9.17, 15) is 4.39 Å². The fourth-order valence-electron chi connectivity index (χ4n) is 4.12. The number of aliphatic imine (C=N–C) groups is 1. The number of H-pyrrole nitrogens is 1. The van der Waals surface area contributed by atoms with Crippen LogP contribution in [0.25, 0.3) is 10.9 Å². The summed E-state index contributed by atoms with van der Waals surface area (Å²) in [5, 5.41) is 7.66. The molecule has 7 heteroatoms. The van der Waals surface area contributed by atoms with Gasteiger partial charge in [-0.2, -0.15) is 0 Å². The Labute approximate surface area is 183 Å². The van der Waals surface area contributed by atoms with Crippen molar-refractivity contribution < 1.29 is 4.39 Å². The Morgan fingerprint density at radius 1 is 1.13 bits per heavy atom. The minimum absolute atomic E-state index is 0.212. The van der Waals surface area contributed by atoms with E-state index in [2.05, 4.69) is 36.6 Å². The van der Waals surface area contributed by atoms with Gasteiger partial charge in [-0.15, -0.1) is 0 Å². The van der Waals surface area contributed by atoms with Gasteiger partial charge in [-0.05, 0) is 60.7 Å². The minimum Gasteiger partial charge on any atom is -0.361 e. The van der Waals surface area contributed by atoms with E-state index in [4.69, 9.17) is 0 Å². The van der Waals surface area contributed by atoms with Crippen LogP contribution in [0.2, 0.25) is 0 Å². The molecule has 6 nitrogen and oxygen atoms in total. The highest BCUT2D eigenvalue weighted by atomic mass is 19.1. The van der Waals surface area contributed by atoms with E-state index < -0.39 is 0 Å². The average molecular weight is 423 g/mol. The van der Waals surface area contributed by atoms with Crippen LogP contribution in [0.3, 0.4) is 0 Å². The maximum Gasteiger partial charge on any atom is 0.191 e. The Hall–Kier alpha value is -3.09. The lowest BCUT2D eigenvalue weighted by Gasteiger charge is -2.22. The first kappa shape index (κ1) is 21.2. The molecule has 0 aliphatic carbocycles. The molecule has 2 aromatic heterocycles. The smallest absolute Gasteiger partial charge is 0.191 e. The van der Waals surface area contributed by atoms with Crippen molar-refractivity contribution in [2.45, 2.75) is 38.6 Å².